The first-order chi connectivity index (χ1) is 9.00. The van der Waals surface area contributed by atoms with E-state index in [-0.39, 0.29) is 5.78 Å². The summed E-state index contributed by atoms with van der Waals surface area (Å²) < 4.78 is 36.0. The van der Waals surface area contributed by atoms with E-state index in [0.29, 0.717) is 0 Å². The minimum atomic E-state index is -4.94. The van der Waals surface area contributed by atoms with Crippen LogP contribution in [0.3, 0.4) is 0 Å². The standard InChI is InChI=1S/C11H13N2OS.ClHO4/c1-6-5-7(2)13-8(3)10(9(4)14)15-11(13)12-6;2-1(3,4)5/h5H,1-4H3;(H,2,3,4,5)/q+1;/p-1. The van der Waals surface area contributed by atoms with Crippen LogP contribution in [0.5, 0.6) is 0 Å². The molecule has 0 aliphatic heterocycles. The van der Waals surface area contributed by atoms with Crippen LogP contribution in [0.15, 0.2) is 6.07 Å². The lowest BCUT2D eigenvalue weighted by molar-refractivity contribution is -2.00. The van der Waals surface area contributed by atoms with E-state index < -0.39 is 10.2 Å². The van der Waals surface area contributed by atoms with Crippen LogP contribution in [0.2, 0.25) is 0 Å². The molecule has 7 nitrogen and oxygen atoms in total. The molecule has 0 saturated heterocycles. The molecule has 0 saturated carbocycles. The van der Waals surface area contributed by atoms with Crippen LogP contribution in [0, 0.1) is 31.0 Å². The molecule has 0 atom stereocenters. The second-order valence-electron chi connectivity index (χ2n) is 4.11. The van der Waals surface area contributed by atoms with Gasteiger partial charge in [0.05, 0.1) is 0 Å². The number of aromatic nitrogens is 2. The van der Waals surface area contributed by atoms with E-state index in [2.05, 4.69) is 4.98 Å². The molecule has 0 unspecified atom stereocenters. The number of fused-ring (bicyclic) bond motifs is 1. The van der Waals surface area contributed by atoms with Gasteiger partial charge in [0.2, 0.25) is 0 Å². The van der Waals surface area contributed by atoms with Gasteiger partial charge in [-0.25, -0.2) is 18.6 Å². The minimum Gasteiger partial charge on any atom is -0.293 e. The summed E-state index contributed by atoms with van der Waals surface area (Å²) in [5.41, 5.74) is 3.11. The van der Waals surface area contributed by atoms with E-state index in [4.69, 9.17) is 18.6 Å². The van der Waals surface area contributed by atoms with Gasteiger partial charge in [0, 0.05) is 19.9 Å². The Morgan fingerprint density at radius 3 is 2.20 bits per heavy atom. The maximum Gasteiger partial charge on any atom is 0.388 e. The molecule has 2 heterocycles. The molecule has 0 radical (unpaired) electrons. The molecule has 110 valence electrons. The van der Waals surface area contributed by atoms with Crippen LogP contribution < -0.4 is 23.0 Å². The Bertz CT molecular complexity index is 644. The number of nitrogens with zero attached hydrogens (tertiary/aromatic N) is 2. The van der Waals surface area contributed by atoms with Gasteiger partial charge in [0.25, 0.3) is 0 Å². The van der Waals surface area contributed by atoms with E-state index >= 15 is 0 Å². The number of rotatable bonds is 1. The SMILES string of the molecule is CC(=O)c1sc2nc(C)cc(C)[n+]2c1C.[O-][Cl+3]([O-])([O-])[O-]. The van der Waals surface area contributed by atoms with E-state index in [9.17, 15) is 4.79 Å². The summed E-state index contributed by atoms with van der Waals surface area (Å²) in [4.78, 5) is 17.5. The fourth-order valence-corrected chi connectivity index (χ4v) is 2.95. The molecule has 0 bridgehead atoms. The second kappa shape index (κ2) is 6.08. The molecule has 2 aromatic rings. The Hall–Kier alpha value is -1.16. The van der Waals surface area contributed by atoms with Gasteiger partial charge in [-0.2, -0.15) is 4.40 Å². The van der Waals surface area contributed by atoms with Crippen molar-refractivity contribution < 1.29 is 38.1 Å². The van der Waals surface area contributed by atoms with Crippen LogP contribution in [-0.2, 0) is 0 Å². The number of ketones is 1. The van der Waals surface area contributed by atoms with E-state index in [1.165, 1.54) is 11.3 Å². The number of thiazole rings is 1. The average molecular weight is 321 g/mol. The molecule has 0 aliphatic carbocycles. The Morgan fingerprint density at radius 2 is 1.75 bits per heavy atom. The molecule has 9 heteroatoms. The smallest absolute Gasteiger partial charge is 0.293 e. The largest absolute Gasteiger partial charge is 0.388 e. The van der Waals surface area contributed by atoms with Gasteiger partial charge < -0.3 is 0 Å². The van der Waals surface area contributed by atoms with Crippen molar-refractivity contribution in [1.82, 2.24) is 4.98 Å². The normalized spacial score (nSPS) is 11.2. The fourth-order valence-electron chi connectivity index (χ4n) is 1.82. The number of carbonyl (C=O) groups excluding carboxylic acids is 1. The number of aryl methyl sites for hydroxylation is 3. The number of carbonyl (C=O) groups is 1. The summed E-state index contributed by atoms with van der Waals surface area (Å²) in [5.74, 6) is 0.111. The quantitative estimate of drug-likeness (QED) is 0.414. The molecule has 2 aromatic heterocycles. The zero-order chi connectivity index (χ0) is 15.7. The van der Waals surface area contributed by atoms with Gasteiger partial charge in [0.15, 0.2) is 11.5 Å². The molecule has 0 spiro atoms. The minimum absolute atomic E-state index is 0.111. The fraction of sp³-hybridized carbons (Fsp3) is 0.364. The van der Waals surface area contributed by atoms with Crippen molar-refractivity contribution in [3.05, 3.63) is 28.0 Å². The highest BCUT2D eigenvalue weighted by atomic mass is 35.7. The molecule has 0 N–H and O–H groups in total. The van der Waals surface area contributed by atoms with Crippen molar-refractivity contribution in [3.8, 4) is 0 Å². The molecular weight excluding hydrogens is 308 g/mol. The van der Waals surface area contributed by atoms with Gasteiger partial charge in [-0.1, -0.05) is 0 Å². The van der Waals surface area contributed by atoms with Crippen LogP contribution in [0.1, 0.15) is 33.7 Å². The highest BCUT2D eigenvalue weighted by molar-refractivity contribution is 7.18. The average Bonchev–Trinajstić information content (AvgIpc) is 2.52. The van der Waals surface area contributed by atoms with Gasteiger partial charge in [0.1, 0.15) is 16.3 Å². The zero-order valence-corrected chi connectivity index (χ0v) is 12.9. The summed E-state index contributed by atoms with van der Waals surface area (Å²) in [5, 5.41) is 0. The molecule has 0 fully saturated rings. The summed E-state index contributed by atoms with van der Waals surface area (Å²) >= 11 is 1.46. The predicted molar refractivity (Wildman–Crippen MR) is 59.5 cm³/mol. The first kappa shape index (κ1) is 16.9. The van der Waals surface area contributed by atoms with Gasteiger partial charge in [-0.05, 0) is 30.2 Å². The van der Waals surface area contributed by atoms with Crippen molar-refractivity contribution in [3.63, 3.8) is 0 Å². The topological polar surface area (TPSA) is 126 Å². The highest BCUT2D eigenvalue weighted by Gasteiger charge is 2.21. The molecule has 0 amide bonds. The third-order valence-corrected chi connectivity index (χ3v) is 3.65. The Kier molecular flexibility index (Phi) is 5.14. The second-order valence-corrected chi connectivity index (χ2v) is 5.84. The van der Waals surface area contributed by atoms with Crippen molar-refractivity contribution in [2.75, 3.05) is 0 Å². The summed E-state index contributed by atoms with van der Waals surface area (Å²) in [6.45, 7) is 7.56. The first-order valence-electron chi connectivity index (χ1n) is 5.42. The molecule has 2 rings (SSSR count). The number of hydrogen-bond donors (Lipinski definition) is 0. The van der Waals surface area contributed by atoms with E-state index in [1.54, 1.807) is 6.92 Å². The number of Topliss-reactive ketones (excluding diaryl/α,β-unsaturated/α-hetero) is 1. The lowest BCUT2D eigenvalue weighted by atomic mass is 10.3. The van der Waals surface area contributed by atoms with Gasteiger partial charge in [-0.15, -0.1) is 10.2 Å². The van der Waals surface area contributed by atoms with Crippen LogP contribution >= 0.6 is 11.3 Å². The molecule has 0 aromatic carbocycles. The third kappa shape index (κ3) is 4.44. The Morgan fingerprint density at radius 1 is 1.25 bits per heavy atom. The van der Waals surface area contributed by atoms with Crippen LogP contribution in [0.4, 0.5) is 0 Å². The maximum atomic E-state index is 11.4. The Labute approximate surface area is 121 Å². The molecule has 0 aliphatic rings. The predicted octanol–water partition coefficient (Wildman–Crippen LogP) is -2.75. The van der Waals surface area contributed by atoms with E-state index in [1.807, 2.05) is 31.2 Å². The van der Waals surface area contributed by atoms with Gasteiger partial charge in [-0.3, -0.25) is 4.79 Å². The molecule has 20 heavy (non-hydrogen) atoms. The number of halogens is 1. The van der Waals surface area contributed by atoms with Crippen LogP contribution in [-0.4, -0.2) is 10.8 Å². The lowest BCUT2D eigenvalue weighted by Gasteiger charge is -2.17. The summed E-state index contributed by atoms with van der Waals surface area (Å²) in [7, 11) is -4.94. The van der Waals surface area contributed by atoms with Gasteiger partial charge >= 0.3 is 4.96 Å². The highest BCUT2D eigenvalue weighted by Crippen LogP contribution is 2.17. The van der Waals surface area contributed by atoms with Crippen molar-refractivity contribution in [2.24, 2.45) is 0 Å². The molecular formula is C11H13ClN2O5S. The van der Waals surface area contributed by atoms with E-state index in [0.717, 1.165) is 26.9 Å². The lowest BCUT2D eigenvalue weighted by Crippen LogP contribution is -2.68. The summed E-state index contributed by atoms with van der Waals surface area (Å²) in [6, 6.07) is 2.02. The maximum absolute atomic E-state index is 11.4. The van der Waals surface area contributed by atoms with Crippen molar-refractivity contribution >= 4 is 22.1 Å². The van der Waals surface area contributed by atoms with Crippen molar-refractivity contribution in [2.45, 2.75) is 27.7 Å². The van der Waals surface area contributed by atoms with Crippen LogP contribution in [0.25, 0.3) is 4.96 Å². The Balaban J connectivity index is 0.000000347. The zero-order valence-electron chi connectivity index (χ0n) is 11.3. The first-order valence-corrected chi connectivity index (χ1v) is 7.48. The summed E-state index contributed by atoms with van der Waals surface area (Å²) in [6.07, 6.45) is 0. The monoisotopic (exact) mass is 320 g/mol. The third-order valence-electron chi connectivity index (χ3n) is 2.41. The number of hydrogen-bond acceptors (Lipinski definition) is 7. The van der Waals surface area contributed by atoms with Crippen molar-refractivity contribution in [1.29, 1.82) is 0 Å².